The molecule has 0 spiro atoms. The number of aromatic nitrogens is 2. The monoisotopic (exact) mass is 207 g/mol. The third-order valence-corrected chi connectivity index (χ3v) is 2.43. The van der Waals surface area contributed by atoms with Crippen molar-refractivity contribution in [3.8, 4) is 0 Å². The van der Waals surface area contributed by atoms with Crippen LogP contribution in [-0.4, -0.2) is 34.6 Å². The van der Waals surface area contributed by atoms with Gasteiger partial charge in [-0.05, 0) is 24.8 Å². The van der Waals surface area contributed by atoms with Gasteiger partial charge in [0.1, 0.15) is 0 Å². The number of nitrogens with zero attached hydrogens (tertiary/aromatic N) is 3. The van der Waals surface area contributed by atoms with Crippen LogP contribution in [0.15, 0.2) is 12.3 Å². The van der Waals surface area contributed by atoms with E-state index in [2.05, 4.69) is 9.97 Å². The highest BCUT2D eigenvalue weighted by Crippen LogP contribution is 2.30. The van der Waals surface area contributed by atoms with E-state index >= 15 is 0 Å². The molecule has 0 atom stereocenters. The second kappa shape index (κ2) is 3.84. The lowest BCUT2D eigenvalue weighted by Crippen LogP contribution is -2.23. The number of carboxylic acids is 1. The average molecular weight is 207 g/mol. The molecule has 1 N–H and O–H groups in total. The first-order chi connectivity index (χ1) is 7.16. The molecule has 1 saturated carbocycles. The van der Waals surface area contributed by atoms with E-state index in [0.29, 0.717) is 5.95 Å². The van der Waals surface area contributed by atoms with Crippen LogP contribution in [0.4, 0.5) is 5.95 Å². The Kier molecular flexibility index (Phi) is 2.53. The zero-order valence-corrected chi connectivity index (χ0v) is 8.55. The van der Waals surface area contributed by atoms with Gasteiger partial charge < -0.3 is 10.0 Å². The molecule has 0 bridgehead atoms. The van der Waals surface area contributed by atoms with Crippen molar-refractivity contribution in [2.24, 2.45) is 5.92 Å². The van der Waals surface area contributed by atoms with Crippen LogP contribution in [0.3, 0.4) is 0 Å². The Labute approximate surface area is 87.8 Å². The van der Waals surface area contributed by atoms with Gasteiger partial charge in [-0.3, -0.25) is 0 Å². The molecule has 1 fully saturated rings. The van der Waals surface area contributed by atoms with Gasteiger partial charge in [-0.1, -0.05) is 0 Å². The quantitative estimate of drug-likeness (QED) is 0.798. The van der Waals surface area contributed by atoms with Gasteiger partial charge in [-0.2, -0.15) is 0 Å². The lowest BCUT2D eigenvalue weighted by molar-refractivity contribution is 0.0690. The number of aromatic carboxylic acids is 1. The highest BCUT2D eigenvalue weighted by Gasteiger charge is 2.24. The van der Waals surface area contributed by atoms with Gasteiger partial charge in [0.2, 0.25) is 5.95 Å². The van der Waals surface area contributed by atoms with Crippen LogP contribution < -0.4 is 4.90 Å². The van der Waals surface area contributed by atoms with Gasteiger partial charge >= 0.3 is 5.97 Å². The number of anilines is 1. The van der Waals surface area contributed by atoms with Crippen LogP contribution >= 0.6 is 0 Å². The summed E-state index contributed by atoms with van der Waals surface area (Å²) in [6, 6.07) is 1.40. The molecule has 80 valence electrons. The summed E-state index contributed by atoms with van der Waals surface area (Å²) in [5.74, 6) is 0.201. The Morgan fingerprint density at radius 2 is 2.40 bits per heavy atom. The second-order valence-corrected chi connectivity index (χ2v) is 3.87. The van der Waals surface area contributed by atoms with E-state index < -0.39 is 5.97 Å². The summed E-state index contributed by atoms with van der Waals surface area (Å²) in [6.07, 6.45) is 3.99. The molecule has 1 heterocycles. The summed E-state index contributed by atoms with van der Waals surface area (Å²) in [5, 5.41) is 8.78. The van der Waals surface area contributed by atoms with Gasteiger partial charge in [0.25, 0.3) is 0 Å². The van der Waals surface area contributed by atoms with Gasteiger partial charge in [0.05, 0.1) is 0 Å². The fourth-order valence-electron chi connectivity index (χ4n) is 1.42. The smallest absolute Gasteiger partial charge is 0.354 e. The van der Waals surface area contributed by atoms with E-state index in [4.69, 9.17) is 5.11 Å². The van der Waals surface area contributed by atoms with Crippen LogP contribution in [0.5, 0.6) is 0 Å². The molecule has 5 nitrogen and oxygen atoms in total. The van der Waals surface area contributed by atoms with Crippen molar-refractivity contribution in [3.05, 3.63) is 18.0 Å². The normalized spacial score (nSPS) is 15.0. The van der Waals surface area contributed by atoms with Crippen LogP contribution in [-0.2, 0) is 0 Å². The van der Waals surface area contributed by atoms with E-state index in [-0.39, 0.29) is 5.69 Å². The molecular formula is C10H13N3O2. The van der Waals surface area contributed by atoms with Crippen molar-refractivity contribution in [3.63, 3.8) is 0 Å². The molecule has 0 amide bonds. The lowest BCUT2D eigenvalue weighted by Gasteiger charge is -2.16. The molecule has 0 aliphatic heterocycles. The lowest BCUT2D eigenvalue weighted by atomic mass is 10.4. The summed E-state index contributed by atoms with van der Waals surface area (Å²) >= 11 is 0. The minimum atomic E-state index is -1.02. The van der Waals surface area contributed by atoms with E-state index in [1.54, 1.807) is 0 Å². The Hall–Kier alpha value is -1.65. The molecule has 0 radical (unpaired) electrons. The molecule has 0 saturated heterocycles. The first kappa shape index (κ1) is 9.89. The fraction of sp³-hybridized carbons (Fsp3) is 0.500. The first-order valence-electron chi connectivity index (χ1n) is 4.94. The summed E-state index contributed by atoms with van der Waals surface area (Å²) in [5.41, 5.74) is 0.0441. The summed E-state index contributed by atoms with van der Waals surface area (Å²) in [7, 11) is 1.89. The van der Waals surface area contributed by atoms with E-state index in [1.165, 1.54) is 25.1 Å². The number of hydrogen-bond donors (Lipinski definition) is 1. The zero-order valence-electron chi connectivity index (χ0n) is 8.55. The molecule has 0 unspecified atom stereocenters. The summed E-state index contributed by atoms with van der Waals surface area (Å²) in [6.45, 7) is 0.906. The van der Waals surface area contributed by atoms with Gasteiger partial charge in [-0.25, -0.2) is 14.8 Å². The predicted octanol–water partition coefficient (Wildman–Crippen LogP) is 1.02. The second-order valence-electron chi connectivity index (χ2n) is 3.87. The van der Waals surface area contributed by atoms with Gasteiger partial charge in [0.15, 0.2) is 5.69 Å². The van der Waals surface area contributed by atoms with Crippen molar-refractivity contribution < 1.29 is 9.90 Å². The molecule has 2 rings (SSSR count). The predicted molar refractivity (Wildman–Crippen MR) is 55.0 cm³/mol. The third kappa shape index (κ3) is 2.43. The molecule has 15 heavy (non-hydrogen) atoms. The fourth-order valence-corrected chi connectivity index (χ4v) is 1.42. The highest BCUT2D eigenvalue weighted by atomic mass is 16.4. The first-order valence-corrected chi connectivity index (χ1v) is 4.94. The standard InChI is InChI=1S/C10H13N3O2/c1-13(6-7-2-3-7)10-11-5-4-8(12-10)9(14)15/h4-5,7H,2-3,6H2,1H3,(H,14,15). The Morgan fingerprint density at radius 3 is 3.00 bits per heavy atom. The summed E-state index contributed by atoms with van der Waals surface area (Å²) < 4.78 is 0. The van der Waals surface area contributed by atoms with Crippen LogP contribution in [0.1, 0.15) is 23.3 Å². The molecule has 0 aromatic carbocycles. The van der Waals surface area contributed by atoms with Crippen molar-refractivity contribution in [1.29, 1.82) is 0 Å². The van der Waals surface area contributed by atoms with Crippen molar-refractivity contribution in [2.75, 3.05) is 18.5 Å². The average Bonchev–Trinajstić information content (AvgIpc) is 3.02. The maximum absolute atomic E-state index is 10.7. The van der Waals surface area contributed by atoms with Gasteiger partial charge in [-0.15, -0.1) is 0 Å². The number of hydrogen-bond acceptors (Lipinski definition) is 4. The Morgan fingerprint density at radius 1 is 1.67 bits per heavy atom. The minimum absolute atomic E-state index is 0.0441. The van der Waals surface area contributed by atoms with E-state index in [1.807, 2.05) is 11.9 Å². The minimum Gasteiger partial charge on any atom is -0.477 e. The maximum atomic E-state index is 10.7. The largest absolute Gasteiger partial charge is 0.477 e. The SMILES string of the molecule is CN(CC1CC1)c1nccc(C(=O)O)n1. The highest BCUT2D eigenvalue weighted by molar-refractivity contribution is 5.85. The Bertz CT molecular complexity index is 377. The molecule has 1 aliphatic carbocycles. The molecule has 5 heteroatoms. The van der Waals surface area contributed by atoms with Crippen LogP contribution in [0.2, 0.25) is 0 Å². The topological polar surface area (TPSA) is 66.3 Å². The molecule has 1 aromatic heterocycles. The number of rotatable bonds is 4. The summed E-state index contributed by atoms with van der Waals surface area (Å²) in [4.78, 5) is 20.6. The van der Waals surface area contributed by atoms with E-state index in [0.717, 1.165) is 12.5 Å². The molecule has 1 aromatic rings. The number of carbonyl (C=O) groups is 1. The third-order valence-electron chi connectivity index (χ3n) is 2.43. The van der Waals surface area contributed by atoms with E-state index in [9.17, 15) is 4.79 Å². The maximum Gasteiger partial charge on any atom is 0.354 e. The van der Waals surface area contributed by atoms with Gasteiger partial charge in [0, 0.05) is 19.8 Å². The van der Waals surface area contributed by atoms with Crippen molar-refractivity contribution in [2.45, 2.75) is 12.8 Å². The van der Waals surface area contributed by atoms with Crippen molar-refractivity contribution >= 4 is 11.9 Å². The zero-order chi connectivity index (χ0) is 10.8. The van der Waals surface area contributed by atoms with Crippen LogP contribution in [0, 0.1) is 5.92 Å². The molecular weight excluding hydrogens is 194 g/mol. The van der Waals surface area contributed by atoms with Crippen molar-refractivity contribution in [1.82, 2.24) is 9.97 Å². The molecule has 1 aliphatic rings. The number of carboxylic acid groups (broad SMARTS) is 1. The Balaban J connectivity index is 2.11. The van der Waals surface area contributed by atoms with Crippen LogP contribution in [0.25, 0.3) is 0 Å².